The van der Waals surface area contributed by atoms with Crippen LogP contribution >= 0.6 is 0 Å². The van der Waals surface area contributed by atoms with Crippen LogP contribution in [0.15, 0.2) is 24.3 Å². The molecule has 1 aromatic carbocycles. The monoisotopic (exact) mass is 235 g/mol. The molecule has 1 fully saturated rings. The Balaban J connectivity index is 2.32. The minimum Gasteiger partial charge on any atom is -0.480 e. The van der Waals surface area contributed by atoms with E-state index in [0.717, 1.165) is 5.56 Å². The number of hydrogen-bond donors (Lipinski definition) is 1. The van der Waals surface area contributed by atoms with Gasteiger partial charge in [-0.05, 0) is 24.6 Å². The predicted molar refractivity (Wildman–Crippen MR) is 60.9 cm³/mol. The highest BCUT2D eigenvalue weighted by Gasteiger charge is 2.53. The summed E-state index contributed by atoms with van der Waals surface area (Å²) in [5, 5.41) is 9.08. The molecule has 0 bridgehead atoms. The van der Waals surface area contributed by atoms with E-state index in [1.165, 1.54) is 12.0 Å². The molecule has 5 nitrogen and oxygen atoms in total. The van der Waals surface area contributed by atoms with Crippen molar-refractivity contribution in [3.05, 3.63) is 29.8 Å². The van der Waals surface area contributed by atoms with Crippen LogP contribution in [0.3, 0.4) is 0 Å². The van der Waals surface area contributed by atoms with Crippen molar-refractivity contribution < 1.29 is 19.4 Å². The molecule has 1 aromatic rings. The highest BCUT2D eigenvalue weighted by molar-refractivity contribution is 6.12. The molecule has 0 unspecified atom stereocenters. The third-order valence-corrected chi connectivity index (χ3v) is 2.83. The van der Waals surface area contributed by atoms with Gasteiger partial charge in [0.15, 0.2) is 12.1 Å². The maximum atomic E-state index is 11.8. The average Bonchev–Trinajstić information content (AvgIpc) is 2.26. The number of anilines is 1. The third kappa shape index (κ3) is 1.78. The first kappa shape index (κ1) is 11.6. The van der Waals surface area contributed by atoms with E-state index in [4.69, 9.17) is 9.84 Å². The maximum Gasteiger partial charge on any atom is 0.330 e. The molecule has 0 aliphatic carbocycles. The number of hydrogen-bond acceptors (Lipinski definition) is 3. The maximum absolute atomic E-state index is 11.8. The zero-order valence-electron chi connectivity index (χ0n) is 9.58. The second-order valence-corrected chi connectivity index (χ2v) is 3.99. The minimum atomic E-state index is -1.06. The van der Waals surface area contributed by atoms with Crippen LogP contribution in [-0.2, 0) is 14.3 Å². The smallest absolute Gasteiger partial charge is 0.330 e. The Morgan fingerprint density at radius 3 is 2.71 bits per heavy atom. The number of carbonyl (C=O) groups excluding carboxylic acids is 1. The van der Waals surface area contributed by atoms with Crippen LogP contribution in [-0.4, -0.2) is 36.2 Å². The summed E-state index contributed by atoms with van der Waals surface area (Å²) in [5.74, 6) is -1.37. The Kier molecular flexibility index (Phi) is 2.85. The predicted octanol–water partition coefficient (Wildman–Crippen LogP) is 0.810. The first-order chi connectivity index (χ1) is 8.06. The fraction of sp³-hybridized carbons (Fsp3) is 0.333. The van der Waals surface area contributed by atoms with Crippen molar-refractivity contribution in [3.63, 3.8) is 0 Å². The second kappa shape index (κ2) is 4.18. The first-order valence-electron chi connectivity index (χ1n) is 5.21. The molecule has 1 heterocycles. The number of methoxy groups -OCH3 is 1. The van der Waals surface area contributed by atoms with Crippen LogP contribution in [0.1, 0.15) is 5.56 Å². The zero-order chi connectivity index (χ0) is 12.6. The third-order valence-electron chi connectivity index (χ3n) is 2.83. The van der Waals surface area contributed by atoms with E-state index in [1.807, 2.05) is 13.0 Å². The summed E-state index contributed by atoms with van der Waals surface area (Å²) in [6.45, 7) is 1.89. The molecule has 17 heavy (non-hydrogen) atoms. The fourth-order valence-corrected chi connectivity index (χ4v) is 2.00. The Morgan fingerprint density at radius 2 is 2.18 bits per heavy atom. The van der Waals surface area contributed by atoms with Gasteiger partial charge in [0.25, 0.3) is 5.91 Å². The van der Waals surface area contributed by atoms with Crippen molar-refractivity contribution in [1.29, 1.82) is 0 Å². The van der Waals surface area contributed by atoms with E-state index in [9.17, 15) is 9.59 Å². The van der Waals surface area contributed by atoms with Crippen molar-refractivity contribution in [1.82, 2.24) is 0 Å². The zero-order valence-corrected chi connectivity index (χ0v) is 9.58. The van der Waals surface area contributed by atoms with Gasteiger partial charge in [0, 0.05) is 12.8 Å². The molecule has 0 radical (unpaired) electrons. The summed E-state index contributed by atoms with van der Waals surface area (Å²) in [6, 6.07) is 6.23. The number of carboxylic acid groups (broad SMARTS) is 1. The van der Waals surface area contributed by atoms with Gasteiger partial charge < -0.3 is 9.84 Å². The first-order valence-corrected chi connectivity index (χ1v) is 5.21. The molecule has 0 aromatic heterocycles. The SMILES string of the molecule is CO[C@@H]1C(=O)N(c2cccc(C)c2)[C@@H]1C(=O)O. The van der Waals surface area contributed by atoms with Crippen molar-refractivity contribution in [2.24, 2.45) is 0 Å². The number of nitrogens with zero attached hydrogens (tertiary/aromatic N) is 1. The van der Waals surface area contributed by atoms with Gasteiger partial charge in [-0.1, -0.05) is 12.1 Å². The lowest BCUT2D eigenvalue weighted by Gasteiger charge is -2.43. The second-order valence-electron chi connectivity index (χ2n) is 3.99. The van der Waals surface area contributed by atoms with Crippen LogP contribution in [0.5, 0.6) is 0 Å². The molecule has 1 amide bonds. The summed E-state index contributed by atoms with van der Waals surface area (Å²) in [7, 11) is 1.34. The summed E-state index contributed by atoms with van der Waals surface area (Å²) in [5.41, 5.74) is 1.57. The van der Waals surface area contributed by atoms with Crippen molar-refractivity contribution in [2.75, 3.05) is 12.0 Å². The van der Waals surface area contributed by atoms with E-state index < -0.39 is 18.1 Å². The molecular weight excluding hydrogens is 222 g/mol. The molecule has 0 spiro atoms. The lowest BCUT2D eigenvalue weighted by Crippen LogP contribution is -2.69. The van der Waals surface area contributed by atoms with Gasteiger partial charge in [-0.2, -0.15) is 0 Å². The number of carboxylic acids is 1. The van der Waals surface area contributed by atoms with Crippen molar-refractivity contribution in [3.8, 4) is 0 Å². The van der Waals surface area contributed by atoms with E-state index in [2.05, 4.69) is 0 Å². The molecule has 90 valence electrons. The summed E-state index contributed by atoms with van der Waals surface area (Å²) in [4.78, 5) is 24.1. The van der Waals surface area contributed by atoms with Crippen LogP contribution in [0, 0.1) is 6.92 Å². The molecule has 1 aliphatic heterocycles. The van der Waals surface area contributed by atoms with Crippen LogP contribution < -0.4 is 4.90 Å². The number of amides is 1. The van der Waals surface area contributed by atoms with Gasteiger partial charge in [0.05, 0.1) is 0 Å². The normalized spacial score (nSPS) is 23.4. The number of β-lactam (4-membered cyclic amide) rings is 1. The number of benzene rings is 1. The Bertz CT molecular complexity index is 471. The highest BCUT2D eigenvalue weighted by atomic mass is 16.5. The van der Waals surface area contributed by atoms with Crippen LogP contribution in [0.4, 0.5) is 5.69 Å². The molecule has 2 rings (SSSR count). The number of ether oxygens (including phenoxy) is 1. The standard InChI is InChI=1S/C12H13NO4/c1-7-4-3-5-8(6-7)13-9(12(15)16)10(17-2)11(13)14/h3-6,9-10H,1-2H3,(H,15,16)/t9-,10-/m0/s1. The Morgan fingerprint density at radius 1 is 1.47 bits per heavy atom. The van der Waals surface area contributed by atoms with Gasteiger partial charge in [-0.3, -0.25) is 9.69 Å². The summed E-state index contributed by atoms with van der Waals surface area (Å²) in [6.07, 6.45) is -0.881. The van der Waals surface area contributed by atoms with Gasteiger partial charge in [0.2, 0.25) is 0 Å². The average molecular weight is 235 g/mol. The molecule has 1 saturated heterocycles. The van der Waals surface area contributed by atoms with E-state index in [0.29, 0.717) is 5.69 Å². The quantitative estimate of drug-likeness (QED) is 0.787. The lowest BCUT2D eigenvalue weighted by atomic mass is 9.96. The van der Waals surface area contributed by atoms with Gasteiger partial charge in [-0.15, -0.1) is 0 Å². The molecule has 2 atom stereocenters. The summed E-state index contributed by atoms with van der Waals surface area (Å²) >= 11 is 0. The minimum absolute atomic E-state index is 0.314. The van der Waals surface area contributed by atoms with E-state index in [1.54, 1.807) is 18.2 Å². The van der Waals surface area contributed by atoms with E-state index >= 15 is 0 Å². The van der Waals surface area contributed by atoms with Crippen LogP contribution in [0.2, 0.25) is 0 Å². The van der Waals surface area contributed by atoms with Gasteiger partial charge in [0.1, 0.15) is 0 Å². The molecule has 1 aliphatic rings. The number of carbonyl (C=O) groups is 2. The van der Waals surface area contributed by atoms with E-state index in [-0.39, 0.29) is 5.91 Å². The van der Waals surface area contributed by atoms with Gasteiger partial charge in [-0.25, -0.2) is 4.79 Å². The Hall–Kier alpha value is -1.88. The molecule has 0 saturated carbocycles. The fourth-order valence-electron chi connectivity index (χ4n) is 2.00. The molecular formula is C12H13NO4. The highest BCUT2D eigenvalue weighted by Crippen LogP contribution is 2.30. The molecule has 5 heteroatoms. The van der Waals surface area contributed by atoms with Crippen molar-refractivity contribution >= 4 is 17.6 Å². The van der Waals surface area contributed by atoms with Gasteiger partial charge >= 0.3 is 5.97 Å². The largest absolute Gasteiger partial charge is 0.480 e. The summed E-state index contributed by atoms with van der Waals surface area (Å²) < 4.78 is 4.88. The Labute approximate surface area is 98.6 Å². The molecule has 1 N–H and O–H groups in total. The number of rotatable bonds is 3. The number of aryl methyl sites for hydroxylation is 1. The van der Waals surface area contributed by atoms with Crippen molar-refractivity contribution in [2.45, 2.75) is 19.1 Å². The van der Waals surface area contributed by atoms with Crippen LogP contribution in [0.25, 0.3) is 0 Å². The lowest BCUT2D eigenvalue weighted by molar-refractivity contribution is -0.155. The topological polar surface area (TPSA) is 66.8 Å². The number of aliphatic carboxylic acids is 1.